The molecule has 0 aliphatic rings. The molecule has 0 aromatic rings. The maximum atomic E-state index is 6.28. The van der Waals surface area contributed by atoms with E-state index in [2.05, 4.69) is 48.5 Å². The largest absolute Gasteiger partial charge is 0.328 e. The van der Waals surface area contributed by atoms with Crippen LogP contribution in [0.5, 0.6) is 0 Å². The minimum atomic E-state index is -0.846. The highest BCUT2D eigenvalue weighted by Crippen LogP contribution is 2.32. The number of unbranched alkanes of at least 4 members (excludes halogenated alkanes) is 13. The van der Waals surface area contributed by atoms with E-state index in [1.54, 1.807) is 0 Å². The molecule has 0 saturated carbocycles. The second-order valence-electron chi connectivity index (χ2n) is 13.0. The van der Waals surface area contributed by atoms with Crippen molar-refractivity contribution in [2.24, 2.45) is 11.8 Å². The predicted molar refractivity (Wildman–Crippen MR) is 197 cm³/mol. The van der Waals surface area contributed by atoms with Gasteiger partial charge in [-0.2, -0.15) is 0 Å². The Morgan fingerprint density at radius 1 is 0.326 bits per heavy atom. The predicted octanol–water partition coefficient (Wildman–Crippen LogP) is 12.6. The van der Waals surface area contributed by atoms with E-state index in [9.17, 15) is 0 Å². The monoisotopic (exact) mass is 661 g/mol. The van der Waals surface area contributed by atoms with Crippen molar-refractivity contribution < 1.29 is 28.4 Å². The lowest BCUT2D eigenvalue weighted by atomic mass is 9.99. The summed E-state index contributed by atoms with van der Waals surface area (Å²) in [6.45, 7) is 25.5. The summed E-state index contributed by atoms with van der Waals surface area (Å²) in [5.74, 6) is -1.17. The molecule has 2 atom stereocenters. The molecule has 2 unspecified atom stereocenters. The van der Waals surface area contributed by atoms with E-state index in [4.69, 9.17) is 28.4 Å². The number of hydrogen-bond acceptors (Lipinski definition) is 6. The summed E-state index contributed by atoms with van der Waals surface area (Å²) in [5, 5.41) is 0. The molecule has 0 aromatic heterocycles. The Bertz CT molecular complexity index is 543. The number of ether oxygens (including phenoxy) is 6. The quantitative estimate of drug-likeness (QED) is 0.0506. The topological polar surface area (TPSA) is 55.4 Å². The van der Waals surface area contributed by atoms with Gasteiger partial charge >= 0.3 is 0 Å². The fraction of sp³-hybridized carbons (Fsp3) is 1.00. The van der Waals surface area contributed by atoms with Crippen LogP contribution in [0.3, 0.4) is 0 Å². The molecule has 0 bridgehead atoms. The summed E-state index contributed by atoms with van der Waals surface area (Å²) in [6.07, 6.45) is 24.5. The molecule has 6 nitrogen and oxygen atoms in total. The van der Waals surface area contributed by atoms with Crippen molar-refractivity contribution in [1.82, 2.24) is 0 Å². The summed E-state index contributed by atoms with van der Waals surface area (Å²) in [5.41, 5.74) is 0. The van der Waals surface area contributed by atoms with Crippen molar-refractivity contribution in [2.45, 2.75) is 210 Å². The van der Waals surface area contributed by atoms with Gasteiger partial charge in [-0.3, -0.25) is 0 Å². The number of hydrogen-bond donors (Lipinski definition) is 0. The second kappa shape index (κ2) is 34.6. The van der Waals surface area contributed by atoms with Crippen LogP contribution in [0.25, 0.3) is 0 Å². The van der Waals surface area contributed by atoms with E-state index >= 15 is 0 Å². The molecule has 0 N–H and O–H groups in total. The summed E-state index contributed by atoms with van der Waals surface area (Å²) in [7, 11) is 0. The van der Waals surface area contributed by atoms with E-state index in [-0.39, 0.29) is 11.8 Å². The van der Waals surface area contributed by atoms with Crippen LogP contribution in [-0.4, -0.2) is 51.6 Å². The lowest BCUT2D eigenvalue weighted by Gasteiger charge is -2.38. The van der Waals surface area contributed by atoms with Crippen molar-refractivity contribution in [2.75, 3.05) is 39.6 Å². The SMILES string of the molecule is CCCCCCCCC(C)C(OCC)(OCC)OCC.CCCCCCCCC(C)C(OCCCC)(OCCCC)OCCCC. The van der Waals surface area contributed by atoms with Gasteiger partial charge in [0.2, 0.25) is 0 Å². The van der Waals surface area contributed by atoms with Gasteiger partial charge in [-0.25, -0.2) is 0 Å². The van der Waals surface area contributed by atoms with Crippen LogP contribution >= 0.6 is 0 Å². The van der Waals surface area contributed by atoms with Gasteiger partial charge in [0.05, 0.1) is 19.8 Å². The zero-order chi connectivity index (χ0) is 34.8. The lowest BCUT2D eigenvalue weighted by molar-refractivity contribution is -0.404. The van der Waals surface area contributed by atoms with Crippen LogP contribution in [0, 0.1) is 11.8 Å². The third-order valence-electron chi connectivity index (χ3n) is 8.63. The van der Waals surface area contributed by atoms with Gasteiger partial charge < -0.3 is 28.4 Å². The van der Waals surface area contributed by atoms with E-state index in [0.717, 1.165) is 71.2 Å². The molecular formula is C40H84O6. The zero-order valence-corrected chi connectivity index (χ0v) is 33.0. The zero-order valence-electron chi connectivity index (χ0n) is 33.0. The maximum Gasteiger partial charge on any atom is 0.285 e. The molecule has 6 heteroatoms. The van der Waals surface area contributed by atoms with Crippen molar-refractivity contribution in [3.05, 3.63) is 0 Å². The lowest BCUT2D eigenvalue weighted by Crippen LogP contribution is -2.46. The third-order valence-corrected chi connectivity index (χ3v) is 8.63. The van der Waals surface area contributed by atoms with Gasteiger partial charge in [-0.15, -0.1) is 0 Å². The second-order valence-corrected chi connectivity index (χ2v) is 13.0. The van der Waals surface area contributed by atoms with Crippen molar-refractivity contribution in [3.8, 4) is 0 Å². The Morgan fingerprint density at radius 3 is 0.870 bits per heavy atom. The first-order chi connectivity index (χ1) is 22.3. The summed E-state index contributed by atoms with van der Waals surface area (Å²) in [4.78, 5) is 0. The van der Waals surface area contributed by atoms with E-state index < -0.39 is 11.9 Å². The molecule has 0 fully saturated rings. The normalized spacial score (nSPS) is 13.4. The molecule has 0 spiro atoms. The van der Waals surface area contributed by atoms with E-state index in [1.165, 1.54) is 77.0 Å². The van der Waals surface area contributed by atoms with Crippen LogP contribution < -0.4 is 0 Å². The smallest absolute Gasteiger partial charge is 0.285 e. The number of rotatable bonds is 34. The first-order valence-corrected chi connectivity index (χ1v) is 20.2. The van der Waals surface area contributed by atoms with Gasteiger partial charge in [0.1, 0.15) is 0 Å². The fourth-order valence-electron chi connectivity index (χ4n) is 5.60. The van der Waals surface area contributed by atoms with Gasteiger partial charge in [-0.1, -0.05) is 145 Å². The van der Waals surface area contributed by atoms with Crippen molar-refractivity contribution in [3.63, 3.8) is 0 Å². The van der Waals surface area contributed by atoms with Crippen LogP contribution in [0.15, 0.2) is 0 Å². The fourth-order valence-corrected chi connectivity index (χ4v) is 5.60. The molecule has 0 aromatic carbocycles. The van der Waals surface area contributed by atoms with Gasteiger partial charge in [0.15, 0.2) is 0 Å². The van der Waals surface area contributed by atoms with Crippen LogP contribution in [0.4, 0.5) is 0 Å². The Morgan fingerprint density at radius 2 is 0.587 bits per heavy atom. The molecule has 0 rings (SSSR count). The molecule has 46 heavy (non-hydrogen) atoms. The highest BCUT2D eigenvalue weighted by Gasteiger charge is 2.40. The Hall–Kier alpha value is -0.240. The average Bonchev–Trinajstić information content (AvgIpc) is 3.04. The highest BCUT2D eigenvalue weighted by atomic mass is 16.9. The Kier molecular flexibility index (Phi) is 36.0. The molecule has 0 aliphatic heterocycles. The van der Waals surface area contributed by atoms with E-state index in [1.807, 2.05) is 20.8 Å². The van der Waals surface area contributed by atoms with Crippen LogP contribution in [0.2, 0.25) is 0 Å². The highest BCUT2D eigenvalue weighted by molar-refractivity contribution is 4.70. The molecule has 0 heterocycles. The molecular weight excluding hydrogens is 576 g/mol. The summed E-state index contributed by atoms with van der Waals surface area (Å²) in [6, 6.07) is 0. The molecule has 0 amide bonds. The summed E-state index contributed by atoms with van der Waals surface area (Å²) < 4.78 is 36.3. The van der Waals surface area contributed by atoms with Crippen molar-refractivity contribution >= 4 is 0 Å². The van der Waals surface area contributed by atoms with Gasteiger partial charge in [0, 0.05) is 31.7 Å². The maximum absolute atomic E-state index is 6.28. The van der Waals surface area contributed by atoms with Gasteiger partial charge in [-0.05, 0) is 52.9 Å². The standard InChI is InChI=1S/C23H48O3.C17H36O3/c1-6-10-14-15-16-17-18-22(5)23(24-19-11-7-2,25-20-12-8-3)26-21-13-9-4;1-6-10-11-12-13-14-15-16(5)17(18-7-2,19-8-3)20-9-4/h22H,6-21H2,1-5H3;16H,6-15H2,1-5H3. The minimum Gasteiger partial charge on any atom is -0.328 e. The third kappa shape index (κ3) is 24.0. The summed E-state index contributed by atoms with van der Waals surface area (Å²) >= 11 is 0. The molecule has 0 saturated heterocycles. The Balaban J connectivity index is 0. The van der Waals surface area contributed by atoms with Crippen molar-refractivity contribution in [1.29, 1.82) is 0 Å². The van der Waals surface area contributed by atoms with Crippen LogP contribution in [-0.2, 0) is 28.4 Å². The molecule has 0 aliphatic carbocycles. The van der Waals surface area contributed by atoms with Gasteiger partial charge in [0.25, 0.3) is 11.9 Å². The minimum absolute atomic E-state index is 0.258. The first-order valence-electron chi connectivity index (χ1n) is 20.2. The van der Waals surface area contributed by atoms with E-state index in [0.29, 0.717) is 19.8 Å². The van der Waals surface area contributed by atoms with Crippen LogP contribution in [0.1, 0.15) is 198 Å². The first kappa shape index (κ1) is 47.9. The molecule has 280 valence electrons. The molecule has 0 radical (unpaired) electrons. The Labute approximate surface area is 289 Å². The average molecular weight is 661 g/mol.